The van der Waals surface area contributed by atoms with E-state index in [2.05, 4.69) is 10.6 Å². The molecule has 3 N–H and O–H groups in total. The van der Waals surface area contributed by atoms with E-state index in [1.54, 1.807) is 7.11 Å². The van der Waals surface area contributed by atoms with Crippen molar-refractivity contribution in [2.45, 2.75) is 25.8 Å². The number of rotatable bonds is 7. The lowest BCUT2D eigenvalue weighted by molar-refractivity contribution is -0.137. The van der Waals surface area contributed by atoms with Gasteiger partial charge in [-0.15, -0.1) is 0 Å². The molecule has 0 aliphatic carbocycles. The van der Waals surface area contributed by atoms with Gasteiger partial charge in [0.25, 0.3) is 0 Å². The third-order valence-corrected chi connectivity index (χ3v) is 2.81. The highest BCUT2D eigenvalue weighted by Crippen LogP contribution is 2.23. The molecule has 1 rings (SSSR count). The molecule has 0 bridgehead atoms. The van der Waals surface area contributed by atoms with Gasteiger partial charge >= 0.3 is 12.0 Å². The maximum absolute atomic E-state index is 11.7. The summed E-state index contributed by atoms with van der Waals surface area (Å²) >= 11 is 0. The second kappa shape index (κ2) is 8.04. The number of hydrogen-bond acceptors (Lipinski definition) is 3. The van der Waals surface area contributed by atoms with Gasteiger partial charge in [0, 0.05) is 18.5 Å². The van der Waals surface area contributed by atoms with Crippen molar-refractivity contribution in [2.24, 2.45) is 0 Å². The summed E-state index contributed by atoms with van der Waals surface area (Å²) in [5.41, 5.74) is 0.885. The molecule has 0 aliphatic rings. The summed E-state index contributed by atoms with van der Waals surface area (Å²) in [6, 6.07) is 6.92. The van der Waals surface area contributed by atoms with Crippen molar-refractivity contribution in [2.75, 3.05) is 13.7 Å². The molecular formula is C14H20N2O4. The van der Waals surface area contributed by atoms with Crippen LogP contribution < -0.4 is 15.4 Å². The molecule has 1 aromatic rings. The maximum atomic E-state index is 11.7. The van der Waals surface area contributed by atoms with Gasteiger partial charge in [0.15, 0.2) is 0 Å². The fraction of sp³-hybridized carbons (Fsp3) is 0.429. The third kappa shape index (κ3) is 5.17. The Morgan fingerprint density at radius 2 is 2.05 bits per heavy atom. The number of amides is 2. The number of nitrogens with one attached hydrogen (secondary N) is 2. The molecule has 0 fully saturated rings. The molecule has 0 spiro atoms. The summed E-state index contributed by atoms with van der Waals surface area (Å²) < 4.78 is 5.24. The van der Waals surface area contributed by atoms with Crippen LogP contribution in [-0.4, -0.2) is 30.8 Å². The first-order chi connectivity index (χ1) is 9.54. The number of benzene rings is 1. The van der Waals surface area contributed by atoms with E-state index in [1.165, 1.54) is 0 Å². The minimum atomic E-state index is -0.866. The predicted octanol–water partition coefficient (Wildman–Crippen LogP) is 1.92. The van der Waals surface area contributed by atoms with Crippen molar-refractivity contribution in [3.8, 4) is 5.75 Å². The Morgan fingerprint density at radius 1 is 1.35 bits per heavy atom. The largest absolute Gasteiger partial charge is 0.496 e. The molecule has 0 saturated heterocycles. The normalized spacial score (nSPS) is 11.5. The Labute approximate surface area is 118 Å². The van der Waals surface area contributed by atoms with Gasteiger partial charge < -0.3 is 20.5 Å². The molecule has 0 saturated carbocycles. The van der Waals surface area contributed by atoms with Crippen molar-refractivity contribution in [3.05, 3.63) is 29.8 Å². The molecular weight excluding hydrogens is 260 g/mol. The fourth-order valence-corrected chi connectivity index (χ4v) is 1.79. The first-order valence-electron chi connectivity index (χ1n) is 6.43. The SMILES string of the molecule is COc1ccccc1C(C)NC(=O)NCCCC(=O)O. The number of ether oxygens (including phenoxy) is 1. The van der Waals surface area contributed by atoms with Gasteiger partial charge in [-0.05, 0) is 19.4 Å². The molecule has 20 heavy (non-hydrogen) atoms. The third-order valence-electron chi connectivity index (χ3n) is 2.81. The molecule has 0 heterocycles. The lowest BCUT2D eigenvalue weighted by atomic mass is 10.1. The van der Waals surface area contributed by atoms with E-state index >= 15 is 0 Å². The fourth-order valence-electron chi connectivity index (χ4n) is 1.79. The number of hydrogen-bond donors (Lipinski definition) is 3. The maximum Gasteiger partial charge on any atom is 0.315 e. The van der Waals surface area contributed by atoms with Crippen molar-refractivity contribution < 1.29 is 19.4 Å². The summed E-state index contributed by atoms with van der Waals surface area (Å²) in [5, 5.41) is 13.9. The number of methoxy groups -OCH3 is 1. The van der Waals surface area contributed by atoms with Crippen molar-refractivity contribution in [3.63, 3.8) is 0 Å². The average molecular weight is 280 g/mol. The molecule has 6 nitrogen and oxygen atoms in total. The van der Waals surface area contributed by atoms with E-state index in [1.807, 2.05) is 31.2 Å². The number of carbonyl (C=O) groups excluding carboxylic acids is 1. The highest BCUT2D eigenvalue weighted by atomic mass is 16.5. The smallest absolute Gasteiger partial charge is 0.315 e. The zero-order valence-electron chi connectivity index (χ0n) is 11.7. The summed E-state index contributed by atoms with van der Waals surface area (Å²) in [4.78, 5) is 22.0. The first kappa shape index (κ1) is 15.8. The Bertz CT molecular complexity index is 462. The number of urea groups is 1. The van der Waals surface area contributed by atoms with Crippen molar-refractivity contribution in [1.82, 2.24) is 10.6 Å². The van der Waals surface area contributed by atoms with Crippen LogP contribution in [0.25, 0.3) is 0 Å². The van der Waals surface area contributed by atoms with Crippen molar-refractivity contribution in [1.29, 1.82) is 0 Å². The van der Waals surface area contributed by atoms with Crippen molar-refractivity contribution >= 4 is 12.0 Å². The van der Waals surface area contributed by atoms with Crippen LogP contribution in [0, 0.1) is 0 Å². The van der Waals surface area contributed by atoms with Gasteiger partial charge in [0.1, 0.15) is 5.75 Å². The van der Waals surface area contributed by atoms with Gasteiger partial charge in [-0.1, -0.05) is 18.2 Å². The van der Waals surface area contributed by atoms with E-state index in [-0.39, 0.29) is 18.5 Å². The van der Waals surface area contributed by atoms with Gasteiger partial charge in [0.2, 0.25) is 0 Å². The molecule has 1 aromatic carbocycles. The first-order valence-corrected chi connectivity index (χ1v) is 6.43. The Kier molecular flexibility index (Phi) is 6.36. The Balaban J connectivity index is 2.43. The van der Waals surface area contributed by atoms with E-state index in [0.717, 1.165) is 5.56 Å². The second-order valence-corrected chi connectivity index (χ2v) is 4.36. The van der Waals surface area contributed by atoms with Crippen LogP contribution >= 0.6 is 0 Å². The average Bonchev–Trinajstić information content (AvgIpc) is 2.43. The van der Waals surface area contributed by atoms with Crippen LogP contribution in [0.4, 0.5) is 4.79 Å². The highest BCUT2D eigenvalue weighted by Gasteiger charge is 2.13. The Morgan fingerprint density at radius 3 is 2.70 bits per heavy atom. The number of para-hydroxylation sites is 1. The van der Waals surface area contributed by atoms with Crippen LogP contribution in [0.3, 0.4) is 0 Å². The molecule has 1 unspecified atom stereocenters. The summed E-state index contributed by atoms with van der Waals surface area (Å²) in [7, 11) is 1.58. The molecule has 0 aromatic heterocycles. The van der Waals surface area contributed by atoms with Gasteiger partial charge in [-0.25, -0.2) is 4.79 Å². The summed E-state index contributed by atoms with van der Waals surface area (Å²) in [5.74, 6) is -0.152. The van der Waals surface area contributed by atoms with E-state index < -0.39 is 5.97 Å². The lowest BCUT2D eigenvalue weighted by Crippen LogP contribution is -2.37. The zero-order chi connectivity index (χ0) is 15.0. The van der Waals surface area contributed by atoms with E-state index in [0.29, 0.717) is 18.7 Å². The van der Waals surface area contributed by atoms with E-state index in [4.69, 9.17) is 9.84 Å². The monoisotopic (exact) mass is 280 g/mol. The van der Waals surface area contributed by atoms with Gasteiger partial charge in [-0.2, -0.15) is 0 Å². The Hall–Kier alpha value is -2.24. The number of carboxylic acid groups (broad SMARTS) is 1. The molecule has 1 atom stereocenters. The number of carbonyl (C=O) groups is 2. The van der Waals surface area contributed by atoms with Crippen LogP contribution in [0.15, 0.2) is 24.3 Å². The molecule has 6 heteroatoms. The number of aliphatic carboxylic acids is 1. The molecule has 110 valence electrons. The van der Waals surface area contributed by atoms with Crippen LogP contribution in [0.1, 0.15) is 31.4 Å². The lowest BCUT2D eigenvalue weighted by Gasteiger charge is -2.17. The number of carboxylic acids is 1. The highest BCUT2D eigenvalue weighted by molar-refractivity contribution is 5.74. The van der Waals surface area contributed by atoms with Gasteiger partial charge in [0.05, 0.1) is 13.2 Å². The van der Waals surface area contributed by atoms with Crippen LogP contribution in [0.2, 0.25) is 0 Å². The predicted molar refractivity (Wildman–Crippen MR) is 74.8 cm³/mol. The van der Waals surface area contributed by atoms with Crippen LogP contribution in [-0.2, 0) is 4.79 Å². The quantitative estimate of drug-likeness (QED) is 0.666. The second-order valence-electron chi connectivity index (χ2n) is 4.36. The molecule has 2 amide bonds. The zero-order valence-corrected chi connectivity index (χ0v) is 11.7. The topological polar surface area (TPSA) is 87.7 Å². The van der Waals surface area contributed by atoms with E-state index in [9.17, 15) is 9.59 Å². The van der Waals surface area contributed by atoms with Gasteiger partial charge in [-0.3, -0.25) is 4.79 Å². The van der Waals surface area contributed by atoms with Crippen LogP contribution in [0.5, 0.6) is 5.75 Å². The minimum absolute atomic E-state index is 0.0440. The standard InChI is InChI=1S/C14H20N2O4/c1-10(11-6-3-4-7-12(11)20-2)16-14(19)15-9-5-8-13(17)18/h3-4,6-7,10H,5,8-9H2,1-2H3,(H,17,18)(H2,15,16,19). The molecule has 0 aliphatic heterocycles. The minimum Gasteiger partial charge on any atom is -0.496 e. The molecule has 0 radical (unpaired) electrons. The summed E-state index contributed by atoms with van der Waals surface area (Å²) in [6.45, 7) is 2.19. The summed E-state index contributed by atoms with van der Waals surface area (Å²) in [6.07, 6.45) is 0.453.